The van der Waals surface area contributed by atoms with Crippen LogP contribution in [0.5, 0.6) is 0 Å². The van der Waals surface area contributed by atoms with E-state index in [4.69, 9.17) is 4.74 Å². The summed E-state index contributed by atoms with van der Waals surface area (Å²) in [6, 6.07) is -0.0550. The van der Waals surface area contributed by atoms with Crippen molar-refractivity contribution < 1.29 is 9.53 Å². The number of carbonyl (C=O) groups is 1. The first-order valence-electron chi connectivity index (χ1n) is 6.25. The van der Waals surface area contributed by atoms with Crippen molar-refractivity contribution in [3.05, 3.63) is 0 Å². The summed E-state index contributed by atoms with van der Waals surface area (Å²) in [5.74, 6) is 2.07. The molecule has 0 saturated carbocycles. The Morgan fingerprint density at radius 2 is 2.12 bits per heavy atom. The van der Waals surface area contributed by atoms with Gasteiger partial charge in [-0.3, -0.25) is 9.69 Å². The van der Waals surface area contributed by atoms with E-state index < -0.39 is 0 Å². The highest BCUT2D eigenvalue weighted by Gasteiger charge is 2.27. The van der Waals surface area contributed by atoms with E-state index in [2.05, 4.69) is 18.7 Å². The van der Waals surface area contributed by atoms with Crippen LogP contribution < -0.4 is 0 Å². The summed E-state index contributed by atoms with van der Waals surface area (Å²) in [5.41, 5.74) is 0. The van der Waals surface area contributed by atoms with Gasteiger partial charge in [-0.2, -0.15) is 11.8 Å². The van der Waals surface area contributed by atoms with Crippen molar-refractivity contribution in [2.45, 2.75) is 45.8 Å². The predicted molar refractivity (Wildman–Crippen MR) is 68.8 cm³/mol. The molecule has 3 nitrogen and oxygen atoms in total. The van der Waals surface area contributed by atoms with E-state index >= 15 is 0 Å². The van der Waals surface area contributed by atoms with Gasteiger partial charge in [0.1, 0.15) is 12.1 Å². The molecule has 0 aromatic carbocycles. The molecular formula is C12H23NO2S. The Morgan fingerprint density at radius 1 is 1.44 bits per heavy atom. The van der Waals surface area contributed by atoms with E-state index in [9.17, 15) is 4.79 Å². The van der Waals surface area contributed by atoms with Gasteiger partial charge in [-0.1, -0.05) is 20.8 Å². The lowest BCUT2D eigenvalue weighted by molar-refractivity contribution is -0.154. The molecule has 0 N–H and O–H groups in total. The largest absolute Gasteiger partial charge is 0.460 e. The zero-order valence-corrected chi connectivity index (χ0v) is 11.4. The van der Waals surface area contributed by atoms with Crippen LogP contribution in [0.4, 0.5) is 0 Å². The average Bonchev–Trinajstić information content (AvgIpc) is 2.78. The second-order valence-corrected chi connectivity index (χ2v) is 5.22. The van der Waals surface area contributed by atoms with Crippen molar-refractivity contribution in [2.75, 3.05) is 24.6 Å². The first-order valence-corrected chi connectivity index (χ1v) is 7.40. The van der Waals surface area contributed by atoms with Gasteiger partial charge in [0, 0.05) is 5.75 Å². The molecule has 1 aliphatic heterocycles. The van der Waals surface area contributed by atoms with Crippen molar-refractivity contribution in [3.8, 4) is 0 Å². The zero-order valence-electron chi connectivity index (χ0n) is 10.6. The summed E-state index contributed by atoms with van der Waals surface area (Å²) in [5, 5.41) is 0. The fourth-order valence-electron chi connectivity index (χ4n) is 2.09. The number of nitrogens with zero attached hydrogens (tertiary/aromatic N) is 1. The fraction of sp³-hybridized carbons (Fsp3) is 0.917. The van der Waals surface area contributed by atoms with Gasteiger partial charge in [0.25, 0.3) is 0 Å². The quantitative estimate of drug-likeness (QED) is 0.671. The minimum atomic E-state index is -0.0550. The number of hydrogen-bond donors (Lipinski definition) is 0. The molecule has 16 heavy (non-hydrogen) atoms. The molecule has 0 radical (unpaired) electrons. The van der Waals surface area contributed by atoms with Gasteiger partial charge in [-0.25, -0.2) is 0 Å². The number of likely N-dealkylation sites (N-methyl/N-ethyl adjacent to an activating group) is 1. The van der Waals surface area contributed by atoms with Crippen LogP contribution in [-0.2, 0) is 9.53 Å². The van der Waals surface area contributed by atoms with E-state index in [-0.39, 0.29) is 18.1 Å². The lowest BCUT2D eigenvalue weighted by atomic mass is 10.2. The van der Waals surface area contributed by atoms with E-state index in [1.165, 1.54) is 0 Å². The van der Waals surface area contributed by atoms with Crippen LogP contribution >= 0.6 is 11.8 Å². The molecule has 2 atom stereocenters. The predicted octanol–water partition coefficient (Wildman–Crippen LogP) is 2.16. The molecule has 1 fully saturated rings. The standard InChI is InChI=1S/C12H23NO2S/c1-4-11(13(5-2)6-3)12(14)15-10-7-8-16-9-10/h10-11H,4-9H2,1-3H3/t10-,11+/m1/s1. The zero-order chi connectivity index (χ0) is 12.0. The van der Waals surface area contributed by atoms with Crippen LogP contribution in [0.3, 0.4) is 0 Å². The smallest absolute Gasteiger partial charge is 0.323 e. The Morgan fingerprint density at radius 3 is 2.56 bits per heavy atom. The minimum Gasteiger partial charge on any atom is -0.460 e. The van der Waals surface area contributed by atoms with Crippen LogP contribution in [0.25, 0.3) is 0 Å². The Kier molecular flexibility index (Phi) is 6.21. The van der Waals surface area contributed by atoms with E-state index in [0.717, 1.165) is 37.4 Å². The Bertz CT molecular complexity index is 213. The van der Waals surface area contributed by atoms with Gasteiger partial charge in [0.2, 0.25) is 0 Å². The van der Waals surface area contributed by atoms with Crippen molar-refractivity contribution in [3.63, 3.8) is 0 Å². The number of carbonyl (C=O) groups excluding carboxylic acids is 1. The summed E-state index contributed by atoms with van der Waals surface area (Å²) in [7, 11) is 0. The number of ether oxygens (including phenoxy) is 1. The third-order valence-corrected chi connectivity index (χ3v) is 4.21. The molecule has 0 spiro atoms. The number of thioether (sulfide) groups is 1. The lowest BCUT2D eigenvalue weighted by Crippen LogP contribution is -2.42. The SMILES string of the molecule is CC[C@@H](C(=O)O[C@@H]1CCSC1)N(CC)CC. The van der Waals surface area contributed by atoms with Crippen molar-refractivity contribution in [1.82, 2.24) is 4.90 Å². The molecule has 4 heteroatoms. The van der Waals surface area contributed by atoms with Gasteiger partial charge < -0.3 is 4.74 Å². The molecular weight excluding hydrogens is 222 g/mol. The van der Waals surface area contributed by atoms with Gasteiger partial charge in [-0.15, -0.1) is 0 Å². The molecule has 0 bridgehead atoms. The van der Waals surface area contributed by atoms with Crippen LogP contribution in [0.15, 0.2) is 0 Å². The summed E-state index contributed by atoms with van der Waals surface area (Å²) < 4.78 is 5.55. The maximum atomic E-state index is 12.0. The molecule has 1 rings (SSSR count). The molecule has 0 aliphatic carbocycles. The first-order chi connectivity index (χ1) is 7.72. The van der Waals surface area contributed by atoms with Crippen molar-refractivity contribution in [2.24, 2.45) is 0 Å². The second kappa shape index (κ2) is 7.17. The summed E-state index contributed by atoms with van der Waals surface area (Å²) in [4.78, 5) is 14.2. The monoisotopic (exact) mass is 245 g/mol. The topological polar surface area (TPSA) is 29.5 Å². The first kappa shape index (κ1) is 13.8. The highest BCUT2D eigenvalue weighted by molar-refractivity contribution is 7.99. The Balaban J connectivity index is 2.47. The van der Waals surface area contributed by atoms with Crippen LogP contribution in [0.2, 0.25) is 0 Å². The van der Waals surface area contributed by atoms with Gasteiger partial charge in [0.15, 0.2) is 0 Å². The molecule has 1 saturated heterocycles. The van der Waals surface area contributed by atoms with Gasteiger partial charge in [0.05, 0.1) is 0 Å². The second-order valence-electron chi connectivity index (χ2n) is 4.07. The molecule has 0 amide bonds. The van der Waals surface area contributed by atoms with Crippen LogP contribution in [0.1, 0.15) is 33.6 Å². The van der Waals surface area contributed by atoms with E-state index in [1.54, 1.807) is 0 Å². The molecule has 94 valence electrons. The highest BCUT2D eigenvalue weighted by Crippen LogP contribution is 2.21. The van der Waals surface area contributed by atoms with E-state index in [1.807, 2.05) is 18.7 Å². The van der Waals surface area contributed by atoms with Gasteiger partial charge in [-0.05, 0) is 31.7 Å². The highest BCUT2D eigenvalue weighted by atomic mass is 32.2. The van der Waals surface area contributed by atoms with Crippen molar-refractivity contribution in [1.29, 1.82) is 0 Å². The number of hydrogen-bond acceptors (Lipinski definition) is 4. The lowest BCUT2D eigenvalue weighted by Gasteiger charge is -2.27. The van der Waals surface area contributed by atoms with E-state index in [0.29, 0.717) is 0 Å². The van der Waals surface area contributed by atoms with Crippen molar-refractivity contribution >= 4 is 17.7 Å². The number of esters is 1. The molecule has 0 aromatic heterocycles. The molecule has 1 aliphatic rings. The fourth-order valence-corrected chi connectivity index (χ4v) is 3.18. The van der Waals surface area contributed by atoms with Gasteiger partial charge >= 0.3 is 5.97 Å². The molecule has 1 heterocycles. The normalized spacial score (nSPS) is 22.4. The molecule has 0 aromatic rings. The third-order valence-electron chi connectivity index (χ3n) is 3.08. The van der Waals surface area contributed by atoms with Crippen LogP contribution in [0, 0.1) is 0 Å². The Hall–Kier alpha value is -0.220. The summed E-state index contributed by atoms with van der Waals surface area (Å²) in [6.07, 6.45) is 2.01. The average molecular weight is 245 g/mol. The summed E-state index contributed by atoms with van der Waals surface area (Å²) >= 11 is 1.87. The minimum absolute atomic E-state index is 0.0290. The maximum absolute atomic E-state index is 12.0. The Labute approximate surface area is 103 Å². The molecule has 0 unspecified atom stereocenters. The number of rotatable bonds is 6. The summed E-state index contributed by atoms with van der Waals surface area (Å²) in [6.45, 7) is 8.04. The van der Waals surface area contributed by atoms with Crippen LogP contribution in [-0.4, -0.2) is 47.6 Å². The maximum Gasteiger partial charge on any atom is 0.323 e. The third kappa shape index (κ3) is 3.67.